The second-order valence-corrected chi connectivity index (χ2v) is 5.93. The van der Waals surface area contributed by atoms with Crippen LogP contribution in [0.2, 0.25) is 0 Å². The van der Waals surface area contributed by atoms with Gasteiger partial charge in [0.15, 0.2) is 0 Å². The Kier molecular flexibility index (Phi) is 5.97. The molecule has 6 heteroatoms. The number of hydrogen-bond donors (Lipinski definition) is 0. The smallest absolute Gasteiger partial charge is 0.195 e. The highest BCUT2D eigenvalue weighted by Crippen LogP contribution is 2.08. The van der Waals surface area contributed by atoms with E-state index < -0.39 is 10.2 Å². The summed E-state index contributed by atoms with van der Waals surface area (Å²) in [5.41, 5.74) is 0. The maximum absolute atomic E-state index is 11.8. The predicted molar refractivity (Wildman–Crippen MR) is 59.8 cm³/mol. The molecule has 0 heterocycles. The summed E-state index contributed by atoms with van der Waals surface area (Å²) in [7, 11) is -1.77. The Balaban J connectivity index is 4.59. The SMILES string of the molecule is CCN(CC)S(=O)(=O)N(C)CC(C)Cl. The average molecular weight is 243 g/mol. The van der Waals surface area contributed by atoms with Gasteiger partial charge in [0.2, 0.25) is 0 Å². The lowest BCUT2D eigenvalue weighted by Gasteiger charge is -2.26. The quantitative estimate of drug-likeness (QED) is 0.656. The minimum atomic E-state index is -3.31. The third-order valence-electron chi connectivity index (χ3n) is 1.93. The second kappa shape index (κ2) is 5.90. The molecule has 0 saturated carbocycles. The number of hydrogen-bond acceptors (Lipinski definition) is 2. The van der Waals surface area contributed by atoms with E-state index in [1.807, 2.05) is 13.8 Å². The van der Waals surface area contributed by atoms with Crippen molar-refractivity contribution in [3.05, 3.63) is 0 Å². The second-order valence-electron chi connectivity index (χ2n) is 3.15. The number of nitrogens with zero attached hydrogens (tertiary/aromatic N) is 2. The molecule has 86 valence electrons. The van der Waals surface area contributed by atoms with Crippen molar-refractivity contribution in [1.82, 2.24) is 8.61 Å². The van der Waals surface area contributed by atoms with Gasteiger partial charge < -0.3 is 0 Å². The zero-order valence-electron chi connectivity index (χ0n) is 9.20. The normalized spacial score (nSPS) is 15.1. The molecule has 4 nitrogen and oxygen atoms in total. The summed E-state index contributed by atoms with van der Waals surface area (Å²) in [4.78, 5) is 0. The van der Waals surface area contributed by atoms with Gasteiger partial charge in [-0.2, -0.15) is 17.0 Å². The Morgan fingerprint density at radius 3 is 2.00 bits per heavy atom. The standard InChI is InChI=1S/C8H19ClN2O2S/c1-5-11(6-2)14(12,13)10(4)7-8(3)9/h8H,5-7H2,1-4H3. The molecular formula is C8H19ClN2O2S. The van der Waals surface area contributed by atoms with E-state index in [1.165, 1.54) is 8.61 Å². The highest BCUT2D eigenvalue weighted by atomic mass is 35.5. The van der Waals surface area contributed by atoms with Gasteiger partial charge in [-0.05, 0) is 6.92 Å². The van der Waals surface area contributed by atoms with Crippen LogP contribution >= 0.6 is 11.6 Å². The molecule has 0 aliphatic rings. The topological polar surface area (TPSA) is 40.6 Å². The first-order chi connectivity index (χ1) is 6.36. The van der Waals surface area contributed by atoms with Gasteiger partial charge in [0, 0.05) is 32.1 Å². The van der Waals surface area contributed by atoms with Crippen molar-refractivity contribution in [3.8, 4) is 0 Å². The van der Waals surface area contributed by atoms with Gasteiger partial charge >= 0.3 is 0 Å². The lowest BCUT2D eigenvalue weighted by molar-refractivity contribution is 0.378. The maximum atomic E-state index is 11.8. The third kappa shape index (κ3) is 3.73. The molecule has 0 aromatic rings. The average Bonchev–Trinajstić information content (AvgIpc) is 2.04. The van der Waals surface area contributed by atoms with Gasteiger partial charge in [0.25, 0.3) is 10.2 Å². The molecule has 0 aromatic carbocycles. The van der Waals surface area contributed by atoms with Crippen LogP contribution in [0, 0.1) is 0 Å². The molecule has 0 N–H and O–H groups in total. The molecule has 0 fully saturated rings. The Morgan fingerprint density at radius 2 is 1.71 bits per heavy atom. The molecule has 1 unspecified atom stereocenters. The van der Waals surface area contributed by atoms with Crippen LogP contribution in [0.3, 0.4) is 0 Å². The van der Waals surface area contributed by atoms with E-state index in [2.05, 4.69) is 0 Å². The highest BCUT2D eigenvalue weighted by Gasteiger charge is 2.24. The van der Waals surface area contributed by atoms with Crippen molar-refractivity contribution in [3.63, 3.8) is 0 Å². The van der Waals surface area contributed by atoms with Crippen molar-refractivity contribution in [1.29, 1.82) is 0 Å². The Morgan fingerprint density at radius 1 is 1.29 bits per heavy atom. The lowest BCUT2D eigenvalue weighted by atomic mass is 10.5. The molecule has 14 heavy (non-hydrogen) atoms. The molecule has 0 aromatic heterocycles. The molecule has 0 aliphatic heterocycles. The van der Waals surface area contributed by atoms with Crippen molar-refractivity contribution in [2.75, 3.05) is 26.7 Å². The summed E-state index contributed by atoms with van der Waals surface area (Å²) in [5, 5.41) is -0.176. The molecule has 0 saturated heterocycles. The predicted octanol–water partition coefficient (Wildman–Crippen LogP) is 1.13. The molecule has 0 bridgehead atoms. The number of halogens is 1. The van der Waals surface area contributed by atoms with Gasteiger partial charge in [-0.1, -0.05) is 13.8 Å². The van der Waals surface area contributed by atoms with Crippen molar-refractivity contribution in [2.45, 2.75) is 26.1 Å². The van der Waals surface area contributed by atoms with E-state index in [-0.39, 0.29) is 5.38 Å². The van der Waals surface area contributed by atoms with Gasteiger partial charge in [0.1, 0.15) is 0 Å². The van der Waals surface area contributed by atoms with Crippen LogP contribution in [0.1, 0.15) is 20.8 Å². The fourth-order valence-electron chi connectivity index (χ4n) is 1.20. The summed E-state index contributed by atoms with van der Waals surface area (Å²) >= 11 is 5.75. The van der Waals surface area contributed by atoms with E-state index in [4.69, 9.17) is 11.6 Å². The van der Waals surface area contributed by atoms with Crippen LogP contribution in [0.25, 0.3) is 0 Å². The first-order valence-electron chi connectivity index (χ1n) is 4.71. The first kappa shape index (κ1) is 14.2. The van der Waals surface area contributed by atoms with Gasteiger partial charge in [-0.3, -0.25) is 0 Å². The van der Waals surface area contributed by atoms with Crippen molar-refractivity contribution >= 4 is 21.8 Å². The van der Waals surface area contributed by atoms with Crippen LogP contribution in [-0.2, 0) is 10.2 Å². The molecule has 1 atom stereocenters. The molecular weight excluding hydrogens is 224 g/mol. The minimum Gasteiger partial charge on any atom is -0.195 e. The largest absolute Gasteiger partial charge is 0.281 e. The summed E-state index contributed by atoms with van der Waals surface area (Å²) < 4.78 is 26.3. The molecule has 0 aliphatic carbocycles. The van der Waals surface area contributed by atoms with Gasteiger partial charge in [0.05, 0.1) is 0 Å². The lowest BCUT2D eigenvalue weighted by Crippen LogP contribution is -2.43. The van der Waals surface area contributed by atoms with Gasteiger partial charge in [-0.25, -0.2) is 0 Å². The van der Waals surface area contributed by atoms with Crippen LogP contribution in [-0.4, -0.2) is 49.1 Å². The van der Waals surface area contributed by atoms with Gasteiger partial charge in [-0.15, -0.1) is 11.6 Å². The van der Waals surface area contributed by atoms with E-state index in [1.54, 1.807) is 14.0 Å². The van der Waals surface area contributed by atoms with Crippen LogP contribution in [0.4, 0.5) is 0 Å². The Bertz CT molecular complexity index is 250. The molecule has 0 amide bonds. The van der Waals surface area contributed by atoms with E-state index in [9.17, 15) is 8.42 Å². The Hall–Kier alpha value is 0.160. The zero-order chi connectivity index (χ0) is 11.4. The number of alkyl halides is 1. The van der Waals surface area contributed by atoms with Crippen LogP contribution in [0.5, 0.6) is 0 Å². The maximum Gasteiger partial charge on any atom is 0.281 e. The molecule has 0 radical (unpaired) electrons. The molecule has 0 spiro atoms. The fourth-order valence-corrected chi connectivity index (χ4v) is 2.94. The van der Waals surface area contributed by atoms with E-state index in [0.29, 0.717) is 19.6 Å². The molecule has 0 rings (SSSR count). The van der Waals surface area contributed by atoms with Crippen molar-refractivity contribution < 1.29 is 8.42 Å². The highest BCUT2D eigenvalue weighted by molar-refractivity contribution is 7.86. The monoisotopic (exact) mass is 242 g/mol. The summed E-state index contributed by atoms with van der Waals surface area (Å²) in [5.74, 6) is 0. The summed E-state index contributed by atoms with van der Waals surface area (Å²) in [6.45, 7) is 6.72. The zero-order valence-corrected chi connectivity index (χ0v) is 10.8. The summed E-state index contributed by atoms with van der Waals surface area (Å²) in [6.07, 6.45) is 0. The number of rotatable bonds is 6. The van der Waals surface area contributed by atoms with E-state index >= 15 is 0 Å². The van der Waals surface area contributed by atoms with Crippen LogP contribution < -0.4 is 0 Å². The van der Waals surface area contributed by atoms with Crippen molar-refractivity contribution in [2.24, 2.45) is 0 Å². The first-order valence-corrected chi connectivity index (χ1v) is 6.55. The third-order valence-corrected chi connectivity index (χ3v) is 4.18. The summed E-state index contributed by atoms with van der Waals surface area (Å²) in [6, 6.07) is 0. The van der Waals surface area contributed by atoms with Crippen LogP contribution in [0.15, 0.2) is 0 Å². The minimum absolute atomic E-state index is 0.176. The fraction of sp³-hybridized carbons (Fsp3) is 1.00. The Labute approximate surface area is 92.0 Å². The van der Waals surface area contributed by atoms with E-state index in [0.717, 1.165) is 0 Å².